The number of morpholine rings is 1. The highest BCUT2D eigenvalue weighted by molar-refractivity contribution is 5.98. The topological polar surface area (TPSA) is 70.6 Å². The van der Waals surface area contributed by atoms with Crippen LogP contribution in [0.3, 0.4) is 0 Å². The minimum Gasteiger partial charge on any atom is -0.379 e. The fourth-order valence-corrected chi connectivity index (χ4v) is 3.96. The molecule has 1 aromatic heterocycles. The Balaban J connectivity index is 1.41. The van der Waals surface area contributed by atoms with Crippen molar-refractivity contribution in [3.8, 4) is 0 Å². The molecule has 7 nitrogen and oxygen atoms in total. The Bertz CT molecular complexity index is 847. The van der Waals surface area contributed by atoms with Crippen molar-refractivity contribution in [3.05, 3.63) is 47.3 Å². The van der Waals surface area contributed by atoms with Gasteiger partial charge >= 0.3 is 0 Å². The lowest BCUT2D eigenvalue weighted by atomic mass is 9.82. The first-order valence-corrected chi connectivity index (χ1v) is 10.3. The molecule has 1 N–H and O–H groups in total. The monoisotopic (exact) mass is 395 g/mol. The van der Waals surface area contributed by atoms with Crippen molar-refractivity contribution in [2.75, 3.05) is 63.7 Å². The van der Waals surface area contributed by atoms with Gasteiger partial charge in [-0.05, 0) is 30.0 Å². The highest BCUT2D eigenvalue weighted by Crippen LogP contribution is 2.32. The minimum atomic E-state index is 0.132. The summed E-state index contributed by atoms with van der Waals surface area (Å²) >= 11 is 0. The summed E-state index contributed by atoms with van der Waals surface area (Å²) in [7, 11) is 4.06. The summed E-state index contributed by atoms with van der Waals surface area (Å²) in [6.07, 6.45) is 2.97. The molecule has 2 heterocycles. The number of benzene rings is 1. The largest absolute Gasteiger partial charge is 0.379 e. The Morgan fingerprint density at radius 3 is 2.66 bits per heavy atom. The van der Waals surface area contributed by atoms with Crippen LogP contribution in [-0.2, 0) is 11.2 Å². The molecule has 1 fully saturated rings. The number of anilines is 2. The maximum absolute atomic E-state index is 12.6. The lowest BCUT2D eigenvalue weighted by molar-refractivity contribution is 0.0398. The van der Waals surface area contributed by atoms with Crippen molar-refractivity contribution >= 4 is 17.4 Å². The summed E-state index contributed by atoms with van der Waals surface area (Å²) < 4.78 is 5.38. The lowest BCUT2D eigenvalue weighted by Gasteiger charge is -2.26. The van der Waals surface area contributed by atoms with E-state index in [0.29, 0.717) is 17.9 Å². The number of carbonyl (C=O) groups excluding carboxylic acids is 1. The van der Waals surface area contributed by atoms with Gasteiger partial charge < -0.3 is 15.0 Å². The molecule has 0 unspecified atom stereocenters. The normalized spacial score (nSPS) is 19.7. The lowest BCUT2D eigenvalue weighted by Crippen LogP contribution is -2.39. The van der Waals surface area contributed by atoms with Crippen LogP contribution in [0.15, 0.2) is 30.5 Å². The third kappa shape index (κ3) is 4.74. The van der Waals surface area contributed by atoms with Crippen molar-refractivity contribution in [2.45, 2.75) is 18.8 Å². The van der Waals surface area contributed by atoms with Gasteiger partial charge in [-0.2, -0.15) is 0 Å². The van der Waals surface area contributed by atoms with Crippen molar-refractivity contribution in [1.29, 1.82) is 0 Å². The van der Waals surface area contributed by atoms with Gasteiger partial charge in [-0.15, -0.1) is 0 Å². The van der Waals surface area contributed by atoms with Crippen molar-refractivity contribution in [1.82, 2.24) is 14.9 Å². The van der Waals surface area contributed by atoms with E-state index in [-0.39, 0.29) is 11.7 Å². The quantitative estimate of drug-likeness (QED) is 0.804. The maximum atomic E-state index is 12.6. The van der Waals surface area contributed by atoms with E-state index in [1.54, 1.807) is 6.20 Å². The number of ketones is 1. The van der Waals surface area contributed by atoms with Crippen molar-refractivity contribution < 1.29 is 9.53 Å². The summed E-state index contributed by atoms with van der Waals surface area (Å²) in [5.74, 6) is 0.906. The fourth-order valence-electron chi connectivity index (χ4n) is 3.96. The molecule has 1 atom stereocenters. The van der Waals surface area contributed by atoms with Crippen LogP contribution < -0.4 is 10.2 Å². The summed E-state index contributed by atoms with van der Waals surface area (Å²) in [6, 6.07) is 8.46. The molecule has 1 aliphatic carbocycles. The molecule has 2 aromatic rings. The molecule has 2 aliphatic rings. The predicted molar refractivity (Wildman–Crippen MR) is 114 cm³/mol. The van der Waals surface area contributed by atoms with Crippen molar-refractivity contribution in [2.24, 2.45) is 0 Å². The maximum Gasteiger partial charge on any atom is 0.222 e. The Kier molecular flexibility index (Phi) is 6.06. The number of rotatable bonds is 6. The van der Waals surface area contributed by atoms with Gasteiger partial charge in [0, 0.05) is 58.6 Å². The van der Waals surface area contributed by atoms with Crippen molar-refractivity contribution in [3.63, 3.8) is 0 Å². The highest BCUT2D eigenvalue weighted by Gasteiger charge is 2.28. The van der Waals surface area contributed by atoms with Gasteiger partial charge in [-0.1, -0.05) is 12.1 Å². The molecule has 0 bridgehead atoms. The van der Waals surface area contributed by atoms with E-state index in [2.05, 4.69) is 49.4 Å². The second kappa shape index (κ2) is 8.88. The zero-order valence-corrected chi connectivity index (χ0v) is 17.2. The molecular formula is C22H29N5O2. The Hall–Kier alpha value is -2.51. The van der Waals surface area contributed by atoms with Crippen LogP contribution in [0.5, 0.6) is 0 Å². The first-order chi connectivity index (χ1) is 14.1. The molecule has 154 valence electrons. The standard InChI is InChI=1S/C22H29N5O2/c1-26(2)18-5-3-16(4-6-18)17-13-20-19(21(28)14-17)15-24-22(25-20)23-7-8-27-9-11-29-12-10-27/h3-6,15,17H,7-14H2,1-2H3,(H,23,24,25)/t17-/m0/s1. The number of nitrogens with one attached hydrogen (secondary N) is 1. The number of Topliss-reactive ketones (excluding diaryl/α,β-unsaturated/α-hetero) is 1. The summed E-state index contributed by atoms with van der Waals surface area (Å²) in [5, 5.41) is 3.31. The molecule has 0 amide bonds. The summed E-state index contributed by atoms with van der Waals surface area (Å²) in [4.78, 5) is 26.1. The van der Waals surface area contributed by atoms with E-state index >= 15 is 0 Å². The average Bonchev–Trinajstić information content (AvgIpc) is 2.74. The molecule has 1 aromatic carbocycles. The Labute approximate surface area is 172 Å². The first-order valence-electron chi connectivity index (χ1n) is 10.3. The Morgan fingerprint density at radius 2 is 1.93 bits per heavy atom. The van der Waals surface area contributed by atoms with Crippen LogP contribution in [0.4, 0.5) is 11.6 Å². The number of ether oxygens (including phenoxy) is 1. The van der Waals surface area contributed by atoms with E-state index in [9.17, 15) is 4.79 Å². The second-order valence-corrected chi connectivity index (χ2v) is 7.95. The van der Waals surface area contributed by atoms with E-state index in [4.69, 9.17) is 4.74 Å². The van der Waals surface area contributed by atoms with E-state index < -0.39 is 0 Å². The first kappa shape index (κ1) is 19.8. The molecular weight excluding hydrogens is 366 g/mol. The zero-order valence-electron chi connectivity index (χ0n) is 17.2. The van der Waals surface area contributed by atoms with Crippen LogP contribution in [-0.4, -0.2) is 74.1 Å². The van der Waals surface area contributed by atoms with Crippen LogP contribution in [0.1, 0.15) is 34.0 Å². The fraction of sp³-hybridized carbons (Fsp3) is 0.500. The van der Waals surface area contributed by atoms with E-state index in [1.165, 1.54) is 5.56 Å². The molecule has 29 heavy (non-hydrogen) atoms. The van der Waals surface area contributed by atoms with Gasteiger partial charge in [-0.3, -0.25) is 9.69 Å². The third-order valence-corrected chi connectivity index (χ3v) is 5.74. The minimum absolute atomic E-state index is 0.132. The molecule has 0 spiro atoms. The van der Waals surface area contributed by atoms with Crippen LogP contribution in [0, 0.1) is 0 Å². The summed E-state index contributed by atoms with van der Waals surface area (Å²) in [6.45, 7) is 5.25. The zero-order chi connectivity index (χ0) is 20.2. The van der Waals surface area contributed by atoms with Gasteiger partial charge in [0.15, 0.2) is 5.78 Å². The molecule has 1 saturated heterocycles. The molecule has 1 aliphatic heterocycles. The van der Waals surface area contributed by atoms with E-state index in [1.807, 2.05) is 14.1 Å². The smallest absolute Gasteiger partial charge is 0.222 e. The second-order valence-electron chi connectivity index (χ2n) is 7.95. The third-order valence-electron chi connectivity index (χ3n) is 5.74. The summed E-state index contributed by atoms with van der Waals surface area (Å²) in [5.41, 5.74) is 3.87. The number of hydrogen-bond acceptors (Lipinski definition) is 7. The van der Waals surface area contributed by atoms with Crippen LogP contribution in [0.25, 0.3) is 0 Å². The number of fused-ring (bicyclic) bond motifs is 1. The number of hydrogen-bond donors (Lipinski definition) is 1. The molecule has 7 heteroatoms. The van der Waals surface area contributed by atoms with Crippen LogP contribution in [0.2, 0.25) is 0 Å². The van der Waals surface area contributed by atoms with Gasteiger partial charge in [0.1, 0.15) is 0 Å². The number of aromatic nitrogens is 2. The van der Waals surface area contributed by atoms with Gasteiger partial charge in [-0.25, -0.2) is 9.97 Å². The van der Waals surface area contributed by atoms with Gasteiger partial charge in [0.25, 0.3) is 0 Å². The van der Waals surface area contributed by atoms with Gasteiger partial charge in [0.05, 0.1) is 24.5 Å². The molecule has 4 rings (SSSR count). The van der Waals surface area contributed by atoms with Gasteiger partial charge in [0.2, 0.25) is 5.95 Å². The molecule has 0 saturated carbocycles. The molecule has 0 radical (unpaired) electrons. The number of carbonyl (C=O) groups is 1. The predicted octanol–water partition coefficient (Wildman–Crippen LogP) is 2.20. The number of nitrogens with zero attached hydrogens (tertiary/aromatic N) is 4. The van der Waals surface area contributed by atoms with E-state index in [0.717, 1.165) is 57.2 Å². The highest BCUT2D eigenvalue weighted by atomic mass is 16.5. The Morgan fingerprint density at radius 1 is 1.17 bits per heavy atom. The SMILES string of the molecule is CN(C)c1ccc([C@@H]2CC(=O)c3cnc(NCCN4CCOCC4)nc3C2)cc1. The average molecular weight is 396 g/mol. The van der Waals surface area contributed by atoms with Crippen LogP contribution >= 0.6 is 0 Å².